The summed E-state index contributed by atoms with van der Waals surface area (Å²) in [5.41, 5.74) is 4.01. The quantitative estimate of drug-likeness (QED) is 0.493. The third kappa shape index (κ3) is 3.73. The molecule has 0 saturated heterocycles. The fraction of sp³-hybridized carbons (Fsp3) is 0.0435. The standard InChI is InChI=1S/C23H17N3O/c24-16-21-8-4-5-9-22(21)27-23-25-14-15-26(23)17-18-10-12-20(13-11-18)19-6-2-1-3-7-19/h1-15H,17H2. The molecular weight excluding hydrogens is 334 g/mol. The van der Waals surface area contributed by atoms with Crippen molar-refractivity contribution in [2.24, 2.45) is 0 Å². The van der Waals surface area contributed by atoms with Gasteiger partial charge in [0.2, 0.25) is 0 Å². The van der Waals surface area contributed by atoms with Crippen molar-refractivity contribution < 1.29 is 4.74 Å². The molecular formula is C23H17N3O. The first kappa shape index (κ1) is 16.6. The number of hydrogen-bond donors (Lipinski definition) is 0. The van der Waals surface area contributed by atoms with Crippen molar-refractivity contribution in [2.45, 2.75) is 6.54 Å². The normalized spacial score (nSPS) is 10.3. The summed E-state index contributed by atoms with van der Waals surface area (Å²) in [6, 6.07) is 28.5. The fourth-order valence-corrected chi connectivity index (χ4v) is 2.90. The van der Waals surface area contributed by atoms with Gasteiger partial charge in [-0.05, 0) is 28.8 Å². The zero-order chi connectivity index (χ0) is 18.5. The highest BCUT2D eigenvalue weighted by Gasteiger charge is 2.09. The van der Waals surface area contributed by atoms with E-state index in [0.717, 1.165) is 5.56 Å². The van der Waals surface area contributed by atoms with Crippen molar-refractivity contribution in [1.29, 1.82) is 5.26 Å². The van der Waals surface area contributed by atoms with Gasteiger partial charge < -0.3 is 4.74 Å². The van der Waals surface area contributed by atoms with E-state index in [1.54, 1.807) is 18.3 Å². The number of rotatable bonds is 5. The molecule has 0 fully saturated rings. The summed E-state index contributed by atoms with van der Waals surface area (Å²) in [6.45, 7) is 0.638. The number of hydrogen-bond acceptors (Lipinski definition) is 3. The summed E-state index contributed by atoms with van der Waals surface area (Å²) in [5, 5.41) is 9.21. The third-order valence-corrected chi connectivity index (χ3v) is 4.30. The zero-order valence-electron chi connectivity index (χ0n) is 14.6. The second kappa shape index (κ2) is 7.59. The first-order valence-electron chi connectivity index (χ1n) is 8.66. The topological polar surface area (TPSA) is 50.8 Å². The predicted octanol–water partition coefficient (Wildman–Crippen LogP) is 5.26. The van der Waals surface area contributed by atoms with Gasteiger partial charge in [0.1, 0.15) is 11.8 Å². The van der Waals surface area contributed by atoms with E-state index in [1.165, 1.54) is 11.1 Å². The average Bonchev–Trinajstić information content (AvgIpc) is 3.16. The first-order chi connectivity index (χ1) is 13.3. The Morgan fingerprint density at radius 2 is 1.56 bits per heavy atom. The molecule has 0 atom stereocenters. The molecule has 0 radical (unpaired) electrons. The Morgan fingerprint density at radius 3 is 2.33 bits per heavy atom. The summed E-state index contributed by atoms with van der Waals surface area (Å²) < 4.78 is 7.79. The van der Waals surface area contributed by atoms with Crippen LogP contribution >= 0.6 is 0 Å². The van der Waals surface area contributed by atoms with E-state index in [1.807, 2.05) is 41.1 Å². The largest absolute Gasteiger partial charge is 0.424 e. The second-order valence-corrected chi connectivity index (χ2v) is 6.11. The molecule has 1 heterocycles. The van der Waals surface area contributed by atoms with E-state index in [0.29, 0.717) is 23.9 Å². The number of imidazole rings is 1. The summed E-state index contributed by atoms with van der Waals surface area (Å²) >= 11 is 0. The molecule has 0 unspecified atom stereocenters. The number of nitriles is 1. The highest BCUT2D eigenvalue weighted by molar-refractivity contribution is 5.63. The van der Waals surface area contributed by atoms with Gasteiger partial charge in [-0.15, -0.1) is 0 Å². The predicted molar refractivity (Wildman–Crippen MR) is 104 cm³/mol. The van der Waals surface area contributed by atoms with Crippen LogP contribution in [0.25, 0.3) is 11.1 Å². The molecule has 4 heteroatoms. The lowest BCUT2D eigenvalue weighted by Gasteiger charge is -2.10. The van der Waals surface area contributed by atoms with E-state index in [9.17, 15) is 5.26 Å². The van der Waals surface area contributed by atoms with Crippen LogP contribution in [0.3, 0.4) is 0 Å². The Bertz CT molecular complexity index is 1080. The van der Waals surface area contributed by atoms with Gasteiger partial charge in [0, 0.05) is 12.4 Å². The van der Waals surface area contributed by atoms with E-state index in [2.05, 4.69) is 47.5 Å². The molecule has 4 aromatic rings. The smallest absolute Gasteiger partial charge is 0.302 e. The lowest BCUT2D eigenvalue weighted by Crippen LogP contribution is -2.02. The molecule has 0 aliphatic rings. The minimum Gasteiger partial charge on any atom is -0.424 e. The Morgan fingerprint density at radius 1 is 0.852 bits per heavy atom. The number of ether oxygens (including phenoxy) is 1. The van der Waals surface area contributed by atoms with E-state index in [-0.39, 0.29) is 0 Å². The SMILES string of the molecule is N#Cc1ccccc1Oc1nccn1Cc1ccc(-c2ccccc2)cc1. The van der Waals surface area contributed by atoms with Crippen molar-refractivity contribution >= 4 is 0 Å². The molecule has 4 rings (SSSR count). The lowest BCUT2D eigenvalue weighted by atomic mass is 10.0. The maximum atomic E-state index is 9.21. The van der Waals surface area contributed by atoms with Crippen LogP contribution in [0.15, 0.2) is 91.3 Å². The minimum absolute atomic E-state index is 0.463. The van der Waals surface area contributed by atoms with Gasteiger partial charge in [0.05, 0.1) is 12.1 Å². The van der Waals surface area contributed by atoms with Crippen LogP contribution in [-0.2, 0) is 6.54 Å². The molecule has 0 N–H and O–H groups in total. The molecule has 0 saturated carbocycles. The number of para-hydroxylation sites is 1. The van der Waals surface area contributed by atoms with E-state index < -0.39 is 0 Å². The highest BCUT2D eigenvalue weighted by Crippen LogP contribution is 2.25. The number of benzene rings is 3. The lowest BCUT2D eigenvalue weighted by molar-refractivity contribution is 0.417. The zero-order valence-corrected chi connectivity index (χ0v) is 14.6. The van der Waals surface area contributed by atoms with Crippen molar-refractivity contribution in [3.63, 3.8) is 0 Å². The van der Waals surface area contributed by atoms with Crippen LogP contribution in [0.5, 0.6) is 11.8 Å². The summed E-state index contributed by atoms with van der Waals surface area (Å²) in [4.78, 5) is 4.28. The molecule has 3 aromatic carbocycles. The monoisotopic (exact) mass is 351 g/mol. The van der Waals surface area contributed by atoms with Crippen LogP contribution < -0.4 is 4.74 Å². The summed E-state index contributed by atoms with van der Waals surface area (Å²) in [6.07, 6.45) is 3.57. The van der Waals surface area contributed by atoms with Gasteiger partial charge in [-0.3, -0.25) is 4.57 Å². The molecule has 0 spiro atoms. The van der Waals surface area contributed by atoms with Crippen LogP contribution in [0.1, 0.15) is 11.1 Å². The molecule has 4 nitrogen and oxygen atoms in total. The summed E-state index contributed by atoms with van der Waals surface area (Å²) in [7, 11) is 0. The number of nitrogens with zero attached hydrogens (tertiary/aromatic N) is 3. The van der Waals surface area contributed by atoms with Gasteiger partial charge in [-0.25, -0.2) is 4.98 Å². The highest BCUT2D eigenvalue weighted by atomic mass is 16.5. The van der Waals surface area contributed by atoms with Crippen molar-refractivity contribution in [3.05, 3.63) is 102 Å². The van der Waals surface area contributed by atoms with Crippen LogP contribution in [0.2, 0.25) is 0 Å². The Balaban J connectivity index is 1.53. The molecule has 0 aliphatic heterocycles. The Kier molecular flexibility index (Phi) is 4.67. The average molecular weight is 351 g/mol. The van der Waals surface area contributed by atoms with Gasteiger partial charge in [-0.1, -0.05) is 66.7 Å². The Labute approximate surface area is 157 Å². The molecule has 0 aliphatic carbocycles. The van der Waals surface area contributed by atoms with Crippen LogP contribution in [0, 0.1) is 11.3 Å². The molecule has 130 valence electrons. The molecule has 0 bridgehead atoms. The maximum absolute atomic E-state index is 9.21. The van der Waals surface area contributed by atoms with Crippen LogP contribution in [-0.4, -0.2) is 9.55 Å². The summed E-state index contributed by atoms with van der Waals surface area (Å²) in [5.74, 6) is 0.506. The third-order valence-electron chi connectivity index (χ3n) is 4.30. The van der Waals surface area contributed by atoms with Crippen LogP contribution in [0.4, 0.5) is 0 Å². The molecule has 0 amide bonds. The number of aromatic nitrogens is 2. The second-order valence-electron chi connectivity index (χ2n) is 6.11. The van der Waals surface area contributed by atoms with Gasteiger partial charge in [0.25, 0.3) is 0 Å². The van der Waals surface area contributed by atoms with Gasteiger partial charge in [-0.2, -0.15) is 5.26 Å². The fourth-order valence-electron chi connectivity index (χ4n) is 2.90. The van der Waals surface area contributed by atoms with E-state index >= 15 is 0 Å². The molecule has 1 aromatic heterocycles. The Hall–Kier alpha value is -3.84. The maximum Gasteiger partial charge on any atom is 0.302 e. The first-order valence-corrected chi connectivity index (χ1v) is 8.66. The molecule has 27 heavy (non-hydrogen) atoms. The minimum atomic E-state index is 0.463. The van der Waals surface area contributed by atoms with E-state index in [4.69, 9.17) is 4.74 Å². The van der Waals surface area contributed by atoms with Crippen molar-refractivity contribution in [1.82, 2.24) is 9.55 Å². The van der Waals surface area contributed by atoms with Gasteiger partial charge >= 0.3 is 6.01 Å². The van der Waals surface area contributed by atoms with Gasteiger partial charge in [0.15, 0.2) is 0 Å². The van der Waals surface area contributed by atoms with Crippen molar-refractivity contribution in [2.75, 3.05) is 0 Å². The van der Waals surface area contributed by atoms with Crippen molar-refractivity contribution in [3.8, 4) is 29.0 Å².